The number of Topliss-reactive ketones (excluding diaryl/α,β-unsaturated/α-hetero) is 1. The third-order valence-electron chi connectivity index (χ3n) is 6.14. The number of nitrogens with zero attached hydrogens (tertiary/aromatic N) is 2. The largest absolute Gasteiger partial charge is 0.473 e. The van der Waals surface area contributed by atoms with E-state index in [1.54, 1.807) is 11.3 Å². The molecule has 0 saturated heterocycles. The summed E-state index contributed by atoms with van der Waals surface area (Å²) in [6.45, 7) is 17.3. The van der Waals surface area contributed by atoms with E-state index in [1.165, 1.54) is 0 Å². The molecule has 0 amide bonds. The van der Waals surface area contributed by atoms with Gasteiger partial charge in [0.05, 0.1) is 33.9 Å². The van der Waals surface area contributed by atoms with Crippen LogP contribution in [0.25, 0.3) is 21.6 Å². The number of para-hydroxylation sites is 2. The zero-order valence-electron chi connectivity index (χ0n) is 25.8. The number of carbonyl (C=O) groups is 1. The van der Waals surface area contributed by atoms with E-state index in [1.807, 2.05) is 104 Å². The molecule has 10 heteroatoms. The maximum Gasteiger partial charge on any atom is 0.242 e. The van der Waals surface area contributed by atoms with E-state index < -0.39 is 10.0 Å². The van der Waals surface area contributed by atoms with Crippen molar-refractivity contribution in [2.75, 3.05) is 6.61 Å². The topological polar surface area (TPSA) is 118 Å². The Balaban J connectivity index is 0.000000232. The standard InChI is InChI=1S/C15H14N2OS.C10H20O2.C6H13NO2S/c1-10(2)18-15-14(13-8-5-9-19-13)16-11-6-3-4-7-12(11)17-15;1-7(2)9(12)8(6-11)10(3,4)5;1-5(2)7-10(8,9)6-3-4-6/h3-10H,1-2H3;7-8,11H,6H2,1-5H3;5-7H,3-4H2,1-2H3/t;8-;/m.1./s1. The molecule has 1 aromatic carbocycles. The Morgan fingerprint density at radius 1 is 1.02 bits per heavy atom. The molecule has 0 unspecified atom stereocenters. The SMILES string of the molecule is CC(C)C(=O)[C@@H](CO)C(C)(C)C.CC(C)NS(=O)(=O)C1CC1.CC(C)Oc1nc2ccccc2nc1-c1cccs1. The highest BCUT2D eigenvalue weighted by Gasteiger charge is 2.35. The van der Waals surface area contributed by atoms with Gasteiger partial charge in [-0.05, 0) is 69.5 Å². The molecule has 2 heterocycles. The van der Waals surface area contributed by atoms with Crippen molar-refractivity contribution in [3.05, 3.63) is 41.8 Å². The summed E-state index contributed by atoms with van der Waals surface area (Å²) in [6, 6.07) is 11.9. The quantitative estimate of drug-likeness (QED) is 0.286. The van der Waals surface area contributed by atoms with Gasteiger partial charge in [0.15, 0.2) is 0 Å². The Bertz CT molecular complexity index is 1340. The lowest BCUT2D eigenvalue weighted by Crippen LogP contribution is -2.34. The van der Waals surface area contributed by atoms with Crippen molar-refractivity contribution in [1.82, 2.24) is 14.7 Å². The second kappa shape index (κ2) is 15.2. The minimum Gasteiger partial charge on any atom is -0.473 e. The lowest BCUT2D eigenvalue weighted by Gasteiger charge is -2.28. The monoisotopic (exact) mass is 605 g/mol. The predicted molar refractivity (Wildman–Crippen MR) is 169 cm³/mol. The van der Waals surface area contributed by atoms with Crippen LogP contribution in [0.1, 0.15) is 75.2 Å². The van der Waals surface area contributed by atoms with Gasteiger partial charge < -0.3 is 9.84 Å². The van der Waals surface area contributed by atoms with E-state index in [0.717, 1.165) is 34.4 Å². The van der Waals surface area contributed by atoms with Crippen molar-refractivity contribution in [3.8, 4) is 16.5 Å². The third-order valence-corrected chi connectivity index (χ3v) is 9.17. The van der Waals surface area contributed by atoms with E-state index in [9.17, 15) is 13.2 Å². The van der Waals surface area contributed by atoms with Gasteiger partial charge in [-0.3, -0.25) is 4.79 Å². The molecule has 8 nitrogen and oxygen atoms in total. The molecule has 41 heavy (non-hydrogen) atoms. The summed E-state index contributed by atoms with van der Waals surface area (Å²) in [5.41, 5.74) is 2.44. The molecule has 3 aromatic rings. The van der Waals surface area contributed by atoms with Gasteiger partial charge >= 0.3 is 0 Å². The van der Waals surface area contributed by atoms with Gasteiger partial charge in [0, 0.05) is 17.9 Å². The number of fused-ring (bicyclic) bond motifs is 1. The molecular formula is C31H47N3O5S2. The van der Waals surface area contributed by atoms with Crippen LogP contribution >= 0.6 is 11.3 Å². The van der Waals surface area contributed by atoms with Crippen molar-refractivity contribution >= 4 is 38.2 Å². The summed E-state index contributed by atoms with van der Waals surface area (Å²) in [5, 5.41) is 11.0. The number of sulfonamides is 1. The second-order valence-corrected chi connectivity index (χ2v) is 15.1. The highest BCUT2D eigenvalue weighted by Crippen LogP contribution is 2.32. The highest BCUT2D eigenvalue weighted by atomic mass is 32.2. The predicted octanol–water partition coefficient (Wildman–Crippen LogP) is 6.49. The average Bonchev–Trinajstić information content (AvgIpc) is 3.59. The molecular weight excluding hydrogens is 558 g/mol. The van der Waals surface area contributed by atoms with Gasteiger partial charge in [0.2, 0.25) is 15.9 Å². The first kappa shape index (κ1) is 34.8. The van der Waals surface area contributed by atoms with Crippen molar-refractivity contribution < 1.29 is 23.1 Å². The van der Waals surface area contributed by atoms with Crippen molar-refractivity contribution in [2.45, 2.75) is 92.6 Å². The first-order valence-electron chi connectivity index (χ1n) is 14.2. The number of ether oxygens (including phenoxy) is 1. The van der Waals surface area contributed by atoms with Crippen LogP contribution in [0.15, 0.2) is 41.8 Å². The first-order valence-corrected chi connectivity index (χ1v) is 16.6. The summed E-state index contributed by atoms with van der Waals surface area (Å²) in [4.78, 5) is 21.9. The van der Waals surface area contributed by atoms with Crippen LogP contribution in [0.2, 0.25) is 0 Å². The first-order chi connectivity index (χ1) is 19.1. The fraction of sp³-hybridized carbons (Fsp3) is 0.581. The molecule has 228 valence electrons. The summed E-state index contributed by atoms with van der Waals surface area (Å²) < 4.78 is 30.5. The Kier molecular flexibility index (Phi) is 12.9. The molecule has 2 N–H and O–H groups in total. The summed E-state index contributed by atoms with van der Waals surface area (Å²) in [5.74, 6) is 0.556. The van der Waals surface area contributed by atoms with Crippen LogP contribution in [0, 0.1) is 17.3 Å². The number of hydrogen-bond donors (Lipinski definition) is 2. The minimum atomic E-state index is -2.94. The van der Waals surface area contributed by atoms with Crippen LogP contribution < -0.4 is 9.46 Å². The second-order valence-electron chi connectivity index (χ2n) is 12.2. The van der Waals surface area contributed by atoms with Crippen LogP contribution in [0.5, 0.6) is 5.88 Å². The molecule has 1 fully saturated rings. The summed E-state index contributed by atoms with van der Waals surface area (Å²) in [6.07, 6.45) is 1.75. The Morgan fingerprint density at radius 2 is 1.61 bits per heavy atom. The Morgan fingerprint density at radius 3 is 2.00 bits per heavy atom. The minimum absolute atomic E-state index is 0.0152. The molecule has 0 aliphatic heterocycles. The molecule has 2 aromatic heterocycles. The fourth-order valence-electron chi connectivity index (χ4n) is 3.86. The molecule has 1 saturated carbocycles. The van der Waals surface area contributed by atoms with Crippen LogP contribution in [0.4, 0.5) is 0 Å². The lowest BCUT2D eigenvalue weighted by atomic mass is 9.76. The van der Waals surface area contributed by atoms with Gasteiger partial charge in [-0.1, -0.05) is 52.8 Å². The van der Waals surface area contributed by atoms with Crippen LogP contribution in [-0.2, 0) is 14.8 Å². The number of aromatic nitrogens is 2. The van der Waals surface area contributed by atoms with E-state index in [2.05, 4.69) is 9.71 Å². The number of nitrogens with one attached hydrogen (secondary N) is 1. The molecule has 1 atom stereocenters. The fourth-order valence-corrected chi connectivity index (χ4v) is 6.17. The highest BCUT2D eigenvalue weighted by molar-refractivity contribution is 7.90. The van der Waals surface area contributed by atoms with Gasteiger partial charge in [-0.2, -0.15) is 0 Å². The summed E-state index contributed by atoms with van der Waals surface area (Å²) >= 11 is 1.64. The number of rotatable bonds is 9. The Hall–Kier alpha value is -2.40. The number of benzene rings is 1. The number of aliphatic hydroxyl groups is 1. The van der Waals surface area contributed by atoms with Crippen molar-refractivity contribution in [3.63, 3.8) is 0 Å². The number of hydrogen-bond acceptors (Lipinski definition) is 8. The zero-order valence-corrected chi connectivity index (χ0v) is 27.5. The molecule has 1 aliphatic carbocycles. The van der Waals surface area contributed by atoms with Gasteiger partial charge in [-0.15, -0.1) is 11.3 Å². The zero-order chi connectivity index (χ0) is 31.0. The number of carbonyl (C=O) groups excluding carboxylic acids is 1. The third kappa shape index (κ3) is 11.1. The van der Waals surface area contributed by atoms with Crippen molar-refractivity contribution in [1.29, 1.82) is 0 Å². The molecule has 4 rings (SSSR count). The van der Waals surface area contributed by atoms with Gasteiger partial charge in [-0.25, -0.2) is 23.1 Å². The average molecular weight is 606 g/mol. The van der Waals surface area contributed by atoms with Crippen LogP contribution in [-0.4, -0.2) is 53.3 Å². The molecule has 0 radical (unpaired) electrons. The normalized spacial score (nSPS) is 14.4. The van der Waals surface area contributed by atoms with Gasteiger partial charge in [0.25, 0.3) is 0 Å². The van der Waals surface area contributed by atoms with E-state index >= 15 is 0 Å². The van der Waals surface area contributed by atoms with E-state index in [-0.39, 0.29) is 47.0 Å². The maximum atomic E-state index is 11.6. The smallest absolute Gasteiger partial charge is 0.242 e. The number of thiophene rings is 1. The number of aliphatic hydroxyl groups excluding tert-OH is 1. The summed E-state index contributed by atoms with van der Waals surface area (Å²) in [7, 11) is -2.94. The number of ketones is 1. The molecule has 1 aliphatic rings. The van der Waals surface area contributed by atoms with Gasteiger partial charge in [0.1, 0.15) is 11.5 Å². The maximum absolute atomic E-state index is 11.6. The molecule has 0 bridgehead atoms. The lowest BCUT2D eigenvalue weighted by molar-refractivity contribution is -0.130. The van der Waals surface area contributed by atoms with E-state index in [0.29, 0.717) is 5.88 Å². The molecule has 0 spiro atoms. The van der Waals surface area contributed by atoms with Crippen LogP contribution in [0.3, 0.4) is 0 Å². The van der Waals surface area contributed by atoms with E-state index in [4.69, 9.17) is 14.8 Å². The Labute approximate surface area is 250 Å². The van der Waals surface area contributed by atoms with Crippen molar-refractivity contribution in [2.24, 2.45) is 17.3 Å².